The Kier molecular flexibility index (Phi) is 4.78. The van der Waals surface area contributed by atoms with E-state index in [4.69, 9.17) is 5.73 Å². The lowest BCUT2D eigenvalue weighted by Crippen LogP contribution is -2.50. The molecule has 0 radical (unpaired) electrons. The molecule has 2 unspecified atom stereocenters. The highest BCUT2D eigenvalue weighted by Crippen LogP contribution is 2.22. The summed E-state index contributed by atoms with van der Waals surface area (Å²) in [6.07, 6.45) is 5.33. The van der Waals surface area contributed by atoms with Crippen LogP contribution in [-0.2, 0) is 14.6 Å². The van der Waals surface area contributed by atoms with E-state index in [0.29, 0.717) is 6.54 Å². The molecule has 1 fully saturated rings. The van der Waals surface area contributed by atoms with E-state index in [2.05, 4.69) is 5.32 Å². The molecule has 6 heteroatoms. The highest BCUT2D eigenvalue weighted by Gasteiger charge is 2.38. The fourth-order valence-electron chi connectivity index (χ4n) is 2.09. The van der Waals surface area contributed by atoms with Crippen molar-refractivity contribution in [3.8, 4) is 0 Å². The first kappa shape index (κ1) is 15.4. The van der Waals surface area contributed by atoms with Gasteiger partial charge in [-0.2, -0.15) is 0 Å². The van der Waals surface area contributed by atoms with Gasteiger partial charge in [-0.05, 0) is 32.6 Å². The maximum absolute atomic E-state index is 11.9. The number of hydrogen-bond acceptors (Lipinski definition) is 4. The van der Waals surface area contributed by atoms with Crippen molar-refractivity contribution < 1.29 is 13.2 Å². The van der Waals surface area contributed by atoms with E-state index in [9.17, 15) is 13.2 Å². The van der Waals surface area contributed by atoms with E-state index in [-0.39, 0.29) is 12.0 Å². The van der Waals surface area contributed by atoms with E-state index in [1.807, 2.05) is 0 Å². The van der Waals surface area contributed by atoms with Crippen molar-refractivity contribution in [1.29, 1.82) is 0 Å². The molecule has 0 saturated heterocycles. The van der Waals surface area contributed by atoms with Crippen molar-refractivity contribution in [2.45, 2.75) is 50.3 Å². The number of nitrogens with one attached hydrogen (secondary N) is 1. The van der Waals surface area contributed by atoms with Gasteiger partial charge in [-0.25, -0.2) is 8.42 Å². The van der Waals surface area contributed by atoms with Crippen molar-refractivity contribution in [3.05, 3.63) is 0 Å². The maximum atomic E-state index is 11.9. The zero-order chi connectivity index (χ0) is 14.0. The smallest absolute Gasteiger partial charge is 0.240 e. The summed E-state index contributed by atoms with van der Waals surface area (Å²) >= 11 is 0. The predicted molar refractivity (Wildman–Crippen MR) is 71.9 cm³/mol. The standard InChI is InChI=1S/C12H24N2O3S/c1-12(2,18(3,16)17)11(15)14-8-9-6-4-5-7-10(9)13/h9-10H,4-8,13H2,1-3H3,(H,14,15). The molecule has 1 saturated carbocycles. The van der Waals surface area contributed by atoms with Crippen LogP contribution in [0.5, 0.6) is 0 Å². The van der Waals surface area contributed by atoms with Crippen LogP contribution in [0.15, 0.2) is 0 Å². The van der Waals surface area contributed by atoms with Gasteiger partial charge in [0.2, 0.25) is 5.91 Å². The molecule has 0 aromatic carbocycles. The molecule has 1 aliphatic carbocycles. The van der Waals surface area contributed by atoms with Crippen molar-refractivity contribution in [2.75, 3.05) is 12.8 Å². The van der Waals surface area contributed by atoms with Gasteiger partial charge in [-0.15, -0.1) is 0 Å². The van der Waals surface area contributed by atoms with Gasteiger partial charge < -0.3 is 11.1 Å². The summed E-state index contributed by atoms with van der Waals surface area (Å²) in [5.74, 6) is -0.180. The topological polar surface area (TPSA) is 89.3 Å². The zero-order valence-electron chi connectivity index (χ0n) is 11.4. The molecule has 0 aromatic rings. The van der Waals surface area contributed by atoms with Crippen LogP contribution in [0.1, 0.15) is 39.5 Å². The minimum absolute atomic E-state index is 0.111. The minimum Gasteiger partial charge on any atom is -0.354 e. The van der Waals surface area contributed by atoms with Crippen molar-refractivity contribution in [3.63, 3.8) is 0 Å². The van der Waals surface area contributed by atoms with Gasteiger partial charge in [-0.1, -0.05) is 12.8 Å². The third-order valence-corrected chi connectivity index (χ3v) is 6.01. The number of amides is 1. The molecule has 1 aliphatic rings. The molecule has 3 N–H and O–H groups in total. The second-order valence-corrected chi connectivity index (χ2v) is 8.27. The normalized spacial score (nSPS) is 25.8. The third kappa shape index (κ3) is 3.45. The van der Waals surface area contributed by atoms with Gasteiger partial charge in [0.1, 0.15) is 4.75 Å². The van der Waals surface area contributed by atoms with Crippen LogP contribution in [0.25, 0.3) is 0 Å². The molecule has 18 heavy (non-hydrogen) atoms. The molecule has 0 heterocycles. The van der Waals surface area contributed by atoms with E-state index in [1.54, 1.807) is 0 Å². The van der Waals surface area contributed by atoms with E-state index in [1.165, 1.54) is 13.8 Å². The van der Waals surface area contributed by atoms with Crippen molar-refractivity contribution >= 4 is 15.7 Å². The van der Waals surface area contributed by atoms with Gasteiger partial charge in [-0.3, -0.25) is 4.79 Å². The fraction of sp³-hybridized carbons (Fsp3) is 0.917. The summed E-state index contributed by atoms with van der Waals surface area (Å²) in [5, 5.41) is 2.73. The highest BCUT2D eigenvalue weighted by molar-refractivity contribution is 7.92. The summed E-state index contributed by atoms with van der Waals surface area (Å²) in [6.45, 7) is 3.33. The quantitative estimate of drug-likeness (QED) is 0.780. The Hall–Kier alpha value is -0.620. The van der Waals surface area contributed by atoms with Gasteiger partial charge in [0.15, 0.2) is 9.84 Å². The molecule has 0 bridgehead atoms. The third-order valence-electron chi connectivity index (χ3n) is 3.97. The Labute approximate surface area is 109 Å². The lowest BCUT2D eigenvalue weighted by Gasteiger charge is -2.30. The summed E-state index contributed by atoms with van der Waals surface area (Å²) in [5.41, 5.74) is 5.99. The van der Waals surface area contributed by atoms with Crippen LogP contribution < -0.4 is 11.1 Å². The minimum atomic E-state index is -3.41. The fourth-order valence-corrected chi connectivity index (χ4v) is 2.50. The number of hydrogen-bond donors (Lipinski definition) is 2. The van der Waals surface area contributed by atoms with Crippen molar-refractivity contribution in [2.24, 2.45) is 11.7 Å². The highest BCUT2D eigenvalue weighted by atomic mass is 32.2. The van der Waals surface area contributed by atoms with Crippen LogP contribution in [0, 0.1) is 5.92 Å². The molecule has 0 aromatic heterocycles. The first-order chi connectivity index (χ1) is 8.16. The molecular weight excluding hydrogens is 252 g/mol. The van der Waals surface area contributed by atoms with Gasteiger partial charge in [0, 0.05) is 18.8 Å². The molecular formula is C12H24N2O3S. The van der Waals surface area contributed by atoms with Crippen molar-refractivity contribution in [1.82, 2.24) is 5.32 Å². The number of rotatable bonds is 4. The molecule has 2 atom stereocenters. The average molecular weight is 276 g/mol. The SMILES string of the molecule is CC(C)(C(=O)NCC1CCCCC1N)S(C)(=O)=O. The van der Waals surface area contributed by atoms with Gasteiger partial charge in [0.05, 0.1) is 0 Å². The molecule has 0 spiro atoms. The first-order valence-electron chi connectivity index (χ1n) is 6.39. The Balaban J connectivity index is 2.56. The Morgan fingerprint density at radius 2 is 1.89 bits per heavy atom. The van der Waals surface area contributed by atoms with Crippen LogP contribution in [0.4, 0.5) is 0 Å². The second-order valence-electron chi connectivity index (χ2n) is 5.70. The zero-order valence-corrected chi connectivity index (χ0v) is 12.2. The summed E-state index contributed by atoms with van der Waals surface area (Å²) in [6, 6.07) is 0.111. The molecule has 5 nitrogen and oxygen atoms in total. The lowest BCUT2D eigenvalue weighted by atomic mass is 9.85. The first-order valence-corrected chi connectivity index (χ1v) is 8.29. The number of carbonyl (C=O) groups is 1. The van der Waals surface area contributed by atoms with E-state index < -0.39 is 20.5 Å². The van der Waals surface area contributed by atoms with E-state index >= 15 is 0 Å². The molecule has 0 aliphatic heterocycles. The molecule has 1 amide bonds. The number of nitrogens with two attached hydrogens (primary N) is 1. The van der Waals surface area contributed by atoms with Crippen LogP contribution >= 0.6 is 0 Å². The number of sulfone groups is 1. The Morgan fingerprint density at radius 3 is 2.39 bits per heavy atom. The summed E-state index contributed by atoms with van der Waals surface area (Å²) in [7, 11) is -3.41. The van der Waals surface area contributed by atoms with Crippen LogP contribution in [-0.4, -0.2) is 37.9 Å². The average Bonchev–Trinajstić information content (AvgIpc) is 2.26. The molecule has 106 valence electrons. The van der Waals surface area contributed by atoms with Crippen LogP contribution in [0.2, 0.25) is 0 Å². The predicted octanol–water partition coefficient (Wildman–Crippen LogP) is 0.443. The van der Waals surface area contributed by atoms with E-state index in [0.717, 1.165) is 31.9 Å². The second kappa shape index (κ2) is 5.57. The Bertz CT molecular complexity index is 404. The largest absolute Gasteiger partial charge is 0.354 e. The number of carbonyl (C=O) groups excluding carboxylic acids is 1. The van der Waals surface area contributed by atoms with Gasteiger partial charge in [0.25, 0.3) is 0 Å². The lowest BCUT2D eigenvalue weighted by molar-refractivity contribution is -0.123. The summed E-state index contributed by atoms with van der Waals surface area (Å²) in [4.78, 5) is 11.9. The van der Waals surface area contributed by atoms with Crippen LogP contribution in [0.3, 0.4) is 0 Å². The Morgan fingerprint density at radius 1 is 1.33 bits per heavy atom. The van der Waals surface area contributed by atoms with Gasteiger partial charge >= 0.3 is 0 Å². The monoisotopic (exact) mass is 276 g/mol. The maximum Gasteiger partial charge on any atom is 0.240 e. The molecule has 1 rings (SSSR count). The summed E-state index contributed by atoms with van der Waals surface area (Å²) < 4.78 is 21.7.